The van der Waals surface area contributed by atoms with Gasteiger partial charge in [-0.2, -0.15) is 0 Å². The Kier molecular flexibility index (Phi) is 9.72. The number of allylic oxidation sites excluding steroid dienone is 1. The standard InChI is InChI=1S/C34H34N6O6.2ClH/c1-22(41)23-7-9-25(10-8-23)39-31(42)38-15-13-28-30(40(38)32(39)43)27-12-11-26(20-29(27)46-34(28,2)3)45-33(44)37-18-16-36(17-19-37)21-24-6-4-5-14-35-24;;/h4-14,20,30H,15-19,21H2,1-3H3;2*1H. The number of aromatic nitrogens is 4. The summed E-state index contributed by atoms with van der Waals surface area (Å²) in [6.07, 6.45) is 3.27. The summed E-state index contributed by atoms with van der Waals surface area (Å²) in [5.74, 6) is 0.682. The van der Waals surface area contributed by atoms with Gasteiger partial charge in [-0.3, -0.25) is 14.7 Å². The highest BCUT2D eigenvalue weighted by atomic mass is 35.5. The quantitative estimate of drug-likeness (QED) is 0.225. The highest BCUT2D eigenvalue weighted by Crippen LogP contribution is 2.47. The summed E-state index contributed by atoms with van der Waals surface area (Å²) >= 11 is 0. The molecule has 12 nitrogen and oxygen atoms in total. The van der Waals surface area contributed by atoms with Crippen LogP contribution in [0.1, 0.15) is 48.4 Å². The Bertz CT molecular complexity index is 1990. The number of pyridine rings is 1. The van der Waals surface area contributed by atoms with Crippen molar-refractivity contribution in [3.05, 3.63) is 116 Å². The Morgan fingerprint density at radius 2 is 1.69 bits per heavy atom. The van der Waals surface area contributed by atoms with Gasteiger partial charge in [-0.1, -0.05) is 12.1 Å². The number of carbonyl (C=O) groups is 2. The number of benzene rings is 2. The zero-order chi connectivity index (χ0) is 32.2. The highest BCUT2D eigenvalue weighted by molar-refractivity contribution is 5.94. The molecule has 0 spiro atoms. The molecule has 0 saturated carbocycles. The number of hydrogen-bond donors (Lipinski definition) is 0. The largest absolute Gasteiger partial charge is 0.483 e. The second kappa shape index (κ2) is 13.5. The Labute approximate surface area is 289 Å². The lowest BCUT2D eigenvalue weighted by atomic mass is 9.83. The molecule has 1 saturated heterocycles. The van der Waals surface area contributed by atoms with Crippen molar-refractivity contribution in [1.29, 1.82) is 0 Å². The number of rotatable bonds is 5. The summed E-state index contributed by atoms with van der Waals surface area (Å²) in [6.45, 7) is 8.70. The maximum Gasteiger partial charge on any atom is 0.415 e. The third-order valence-corrected chi connectivity index (χ3v) is 8.90. The van der Waals surface area contributed by atoms with Crippen molar-refractivity contribution < 1.29 is 19.1 Å². The van der Waals surface area contributed by atoms with E-state index in [4.69, 9.17) is 9.47 Å². The highest BCUT2D eigenvalue weighted by Gasteiger charge is 2.44. The van der Waals surface area contributed by atoms with E-state index in [1.165, 1.54) is 16.3 Å². The first-order valence-electron chi connectivity index (χ1n) is 15.3. The molecule has 1 amide bonds. The van der Waals surface area contributed by atoms with Crippen LogP contribution in [0.25, 0.3) is 5.69 Å². The van der Waals surface area contributed by atoms with E-state index >= 15 is 0 Å². The van der Waals surface area contributed by atoms with Crippen molar-refractivity contribution in [2.45, 2.75) is 45.5 Å². The molecule has 1 atom stereocenters. The van der Waals surface area contributed by atoms with E-state index in [-0.39, 0.29) is 37.1 Å². The Balaban J connectivity index is 0.00000225. The van der Waals surface area contributed by atoms with Crippen LogP contribution in [-0.2, 0) is 13.1 Å². The van der Waals surface area contributed by atoms with E-state index in [2.05, 4.69) is 9.88 Å². The van der Waals surface area contributed by atoms with E-state index in [9.17, 15) is 19.2 Å². The van der Waals surface area contributed by atoms with E-state index in [0.717, 1.165) is 22.4 Å². The number of carbonyl (C=O) groups excluding carboxylic acids is 2. The number of hydrogen-bond acceptors (Lipinski definition) is 8. The maximum atomic E-state index is 13.9. The molecule has 7 rings (SSSR count). The third kappa shape index (κ3) is 6.18. The second-order valence-electron chi connectivity index (χ2n) is 12.3. The minimum Gasteiger partial charge on any atom is -0.483 e. The topological polar surface area (TPSA) is 121 Å². The average molecular weight is 696 g/mol. The fourth-order valence-corrected chi connectivity index (χ4v) is 6.48. The normalized spacial score (nSPS) is 17.7. The summed E-state index contributed by atoms with van der Waals surface area (Å²) in [7, 11) is 0. The molecule has 1 fully saturated rings. The molecule has 0 aliphatic carbocycles. The molecule has 3 aliphatic rings. The van der Waals surface area contributed by atoms with Gasteiger partial charge in [0.25, 0.3) is 0 Å². The fraction of sp³-hybridized carbons (Fsp3) is 0.324. The molecule has 0 radical (unpaired) electrons. The van der Waals surface area contributed by atoms with Gasteiger partial charge in [-0.05, 0) is 74.9 Å². The van der Waals surface area contributed by atoms with Crippen LogP contribution in [0.4, 0.5) is 4.79 Å². The van der Waals surface area contributed by atoms with Crippen LogP contribution in [0.15, 0.2) is 88.1 Å². The number of ether oxygens (including phenoxy) is 2. The number of ketones is 1. The van der Waals surface area contributed by atoms with E-state index < -0.39 is 29.1 Å². The van der Waals surface area contributed by atoms with Gasteiger partial charge in [0, 0.05) is 56.1 Å². The van der Waals surface area contributed by atoms with E-state index in [0.29, 0.717) is 54.5 Å². The number of Topliss-reactive ketones (excluding diaryl/α,β-unsaturated/α-hetero) is 1. The second-order valence-corrected chi connectivity index (χ2v) is 12.3. The van der Waals surface area contributed by atoms with Gasteiger partial charge >= 0.3 is 17.5 Å². The molecule has 0 bridgehead atoms. The summed E-state index contributed by atoms with van der Waals surface area (Å²) in [5.41, 5.74) is 1.59. The molecule has 252 valence electrons. The third-order valence-electron chi connectivity index (χ3n) is 8.90. The molecule has 48 heavy (non-hydrogen) atoms. The monoisotopic (exact) mass is 694 g/mol. The molecule has 2 aromatic carbocycles. The lowest BCUT2D eigenvalue weighted by Crippen LogP contribution is -2.49. The van der Waals surface area contributed by atoms with Gasteiger partial charge in [0.05, 0.1) is 17.9 Å². The average Bonchev–Trinajstić information content (AvgIpc) is 3.30. The molecule has 14 heteroatoms. The lowest BCUT2D eigenvalue weighted by Gasteiger charge is -2.42. The number of amides is 1. The van der Waals surface area contributed by atoms with Gasteiger partial charge < -0.3 is 14.4 Å². The molecular formula is C34H36Cl2N6O6. The molecule has 0 N–H and O–H groups in total. The molecular weight excluding hydrogens is 659 g/mol. The predicted molar refractivity (Wildman–Crippen MR) is 183 cm³/mol. The smallest absolute Gasteiger partial charge is 0.415 e. The van der Waals surface area contributed by atoms with Gasteiger partial charge in [-0.15, -0.1) is 24.8 Å². The van der Waals surface area contributed by atoms with Gasteiger partial charge in [0.2, 0.25) is 0 Å². The van der Waals surface area contributed by atoms with E-state index in [1.54, 1.807) is 53.6 Å². The van der Waals surface area contributed by atoms with Crippen molar-refractivity contribution in [3.8, 4) is 17.2 Å². The van der Waals surface area contributed by atoms with E-state index in [1.807, 2.05) is 38.1 Å². The van der Waals surface area contributed by atoms with Gasteiger partial charge in [0.15, 0.2) is 5.78 Å². The SMILES string of the molecule is CC(=O)c1ccc(-n2c(=O)n3n(c2=O)C2C(=CC3)C(C)(C)Oc3cc(OC(=O)N4CCN(Cc5ccccn5)CC4)ccc32)cc1.Cl.Cl. The van der Waals surface area contributed by atoms with Crippen LogP contribution >= 0.6 is 24.8 Å². The maximum absolute atomic E-state index is 13.9. The van der Waals surface area contributed by atoms with Crippen LogP contribution in [0.2, 0.25) is 0 Å². The molecule has 4 aromatic rings. The van der Waals surface area contributed by atoms with Crippen molar-refractivity contribution >= 4 is 36.7 Å². The number of nitrogens with zero attached hydrogens (tertiary/aromatic N) is 6. The summed E-state index contributed by atoms with van der Waals surface area (Å²) in [6, 6.07) is 16.8. The van der Waals surface area contributed by atoms with Crippen molar-refractivity contribution in [2.24, 2.45) is 0 Å². The lowest BCUT2D eigenvalue weighted by molar-refractivity contribution is 0.101. The fourth-order valence-electron chi connectivity index (χ4n) is 6.48. The van der Waals surface area contributed by atoms with Crippen LogP contribution in [0.5, 0.6) is 11.5 Å². The van der Waals surface area contributed by atoms with Crippen molar-refractivity contribution in [3.63, 3.8) is 0 Å². The molecule has 2 aromatic heterocycles. The number of piperazine rings is 1. The van der Waals surface area contributed by atoms with Crippen LogP contribution < -0.4 is 20.9 Å². The first kappa shape index (κ1) is 34.7. The Hall–Kier alpha value is -4.65. The first-order chi connectivity index (χ1) is 22.1. The molecule has 5 heterocycles. The van der Waals surface area contributed by atoms with Crippen LogP contribution in [0.3, 0.4) is 0 Å². The van der Waals surface area contributed by atoms with Gasteiger partial charge in [0.1, 0.15) is 23.1 Å². The van der Waals surface area contributed by atoms with Crippen molar-refractivity contribution in [1.82, 2.24) is 28.7 Å². The first-order valence-corrected chi connectivity index (χ1v) is 15.3. The Morgan fingerprint density at radius 1 is 0.958 bits per heavy atom. The zero-order valence-corrected chi connectivity index (χ0v) is 28.3. The zero-order valence-electron chi connectivity index (χ0n) is 26.7. The van der Waals surface area contributed by atoms with Crippen LogP contribution in [0, 0.1) is 0 Å². The summed E-state index contributed by atoms with van der Waals surface area (Å²) in [5, 5.41) is 0. The minimum absolute atomic E-state index is 0. The minimum atomic E-state index is -0.809. The van der Waals surface area contributed by atoms with Gasteiger partial charge in [-0.25, -0.2) is 28.3 Å². The summed E-state index contributed by atoms with van der Waals surface area (Å²) < 4.78 is 16.2. The molecule has 1 unspecified atom stereocenters. The predicted octanol–water partition coefficient (Wildman–Crippen LogP) is 4.26. The number of fused-ring (bicyclic) bond motifs is 5. The Morgan fingerprint density at radius 3 is 2.35 bits per heavy atom. The van der Waals surface area contributed by atoms with Crippen LogP contribution in [-0.4, -0.2) is 72.4 Å². The number of halogens is 2. The molecule has 3 aliphatic heterocycles. The van der Waals surface area contributed by atoms with Crippen molar-refractivity contribution in [2.75, 3.05) is 26.2 Å². The summed E-state index contributed by atoms with van der Waals surface area (Å²) in [4.78, 5) is 60.7.